The lowest BCUT2D eigenvalue weighted by Gasteiger charge is -2.19. The van der Waals surface area contributed by atoms with Gasteiger partial charge in [0.15, 0.2) is 17.3 Å². The molecule has 3 heterocycles. The van der Waals surface area contributed by atoms with E-state index in [-0.39, 0.29) is 0 Å². The number of anilines is 2. The summed E-state index contributed by atoms with van der Waals surface area (Å²) < 4.78 is 16.9. The number of benzene rings is 2. The number of aryl methyl sites for hydroxylation is 1. The van der Waals surface area contributed by atoms with E-state index in [9.17, 15) is 0 Å². The van der Waals surface area contributed by atoms with Crippen molar-refractivity contribution in [3.8, 4) is 22.6 Å². The monoisotopic (exact) mass is 409 g/mol. The van der Waals surface area contributed by atoms with E-state index in [2.05, 4.69) is 20.7 Å². The van der Waals surface area contributed by atoms with Crippen LogP contribution in [0.15, 0.2) is 48.7 Å². The average Bonchev–Trinajstić information content (AvgIpc) is 3.11. The molecule has 140 valence electrons. The zero-order valence-electron chi connectivity index (χ0n) is 15.0. The molecule has 0 spiro atoms. The predicted octanol–water partition coefficient (Wildman–Crippen LogP) is 5.83. The van der Waals surface area contributed by atoms with Gasteiger partial charge in [0.2, 0.25) is 0 Å². The van der Waals surface area contributed by atoms with Crippen LogP contribution in [-0.4, -0.2) is 22.6 Å². The predicted molar refractivity (Wildman–Crippen MR) is 113 cm³/mol. The lowest BCUT2D eigenvalue weighted by molar-refractivity contribution is 0.171. The van der Waals surface area contributed by atoms with Crippen molar-refractivity contribution in [2.24, 2.45) is 0 Å². The molecule has 28 heavy (non-hydrogen) atoms. The van der Waals surface area contributed by atoms with E-state index >= 15 is 0 Å². The molecule has 0 unspecified atom stereocenters. The number of hydrogen-bond acceptors (Lipinski definition) is 6. The Morgan fingerprint density at radius 3 is 2.82 bits per heavy atom. The summed E-state index contributed by atoms with van der Waals surface area (Å²) in [4.78, 5) is 4.51. The number of fused-ring (bicyclic) bond motifs is 2. The Hall–Kier alpha value is -2.83. The fourth-order valence-corrected chi connectivity index (χ4v) is 4.28. The van der Waals surface area contributed by atoms with Crippen molar-refractivity contribution < 1.29 is 9.47 Å². The van der Waals surface area contributed by atoms with E-state index < -0.39 is 0 Å². The summed E-state index contributed by atoms with van der Waals surface area (Å²) in [5, 5.41) is 3.95. The SMILES string of the molecule is Cc1cnc2c(Nc3cccc(-c4ccc5c(c4)OCCO5)c3Cl)nsc2c1. The van der Waals surface area contributed by atoms with Gasteiger partial charge in [-0.15, -0.1) is 0 Å². The maximum absolute atomic E-state index is 6.74. The number of rotatable bonds is 3. The van der Waals surface area contributed by atoms with Gasteiger partial charge in [0, 0.05) is 11.8 Å². The molecule has 2 aromatic carbocycles. The molecule has 0 amide bonds. The number of nitrogens with zero attached hydrogens (tertiary/aromatic N) is 2. The minimum Gasteiger partial charge on any atom is -0.486 e. The van der Waals surface area contributed by atoms with E-state index in [4.69, 9.17) is 21.1 Å². The van der Waals surface area contributed by atoms with Gasteiger partial charge in [0.25, 0.3) is 0 Å². The Labute approximate surface area is 171 Å². The lowest BCUT2D eigenvalue weighted by atomic mass is 10.0. The van der Waals surface area contributed by atoms with Crippen LogP contribution in [-0.2, 0) is 0 Å². The van der Waals surface area contributed by atoms with Crippen molar-refractivity contribution in [2.75, 3.05) is 18.5 Å². The smallest absolute Gasteiger partial charge is 0.170 e. The first-order valence-corrected chi connectivity index (χ1v) is 10.0. The van der Waals surface area contributed by atoms with Crippen LogP contribution >= 0.6 is 23.1 Å². The van der Waals surface area contributed by atoms with Gasteiger partial charge in [-0.1, -0.05) is 29.8 Å². The maximum atomic E-state index is 6.74. The molecule has 0 aliphatic carbocycles. The summed E-state index contributed by atoms with van der Waals surface area (Å²) in [6.45, 7) is 3.14. The first-order chi connectivity index (χ1) is 13.7. The topological polar surface area (TPSA) is 56.3 Å². The van der Waals surface area contributed by atoms with E-state index in [1.165, 1.54) is 11.5 Å². The molecule has 1 aliphatic heterocycles. The van der Waals surface area contributed by atoms with Crippen LogP contribution in [0.25, 0.3) is 21.3 Å². The van der Waals surface area contributed by atoms with Crippen LogP contribution in [0.2, 0.25) is 5.02 Å². The molecule has 2 aromatic heterocycles. The summed E-state index contributed by atoms with van der Waals surface area (Å²) in [5.74, 6) is 2.21. The number of pyridine rings is 1. The largest absolute Gasteiger partial charge is 0.486 e. The molecule has 1 N–H and O–H groups in total. The summed E-state index contributed by atoms with van der Waals surface area (Å²) in [7, 11) is 0. The summed E-state index contributed by atoms with van der Waals surface area (Å²) in [5.41, 5.74) is 4.61. The minimum absolute atomic E-state index is 0.551. The van der Waals surface area contributed by atoms with E-state index in [0.717, 1.165) is 44.1 Å². The minimum atomic E-state index is 0.551. The summed E-state index contributed by atoms with van der Waals surface area (Å²) >= 11 is 8.16. The van der Waals surface area contributed by atoms with Crippen LogP contribution < -0.4 is 14.8 Å². The highest BCUT2D eigenvalue weighted by molar-refractivity contribution is 7.13. The molecule has 4 aromatic rings. The average molecular weight is 410 g/mol. The van der Waals surface area contributed by atoms with Crippen molar-refractivity contribution in [1.29, 1.82) is 0 Å². The number of halogens is 1. The van der Waals surface area contributed by atoms with Crippen LogP contribution in [0.3, 0.4) is 0 Å². The third-order valence-electron chi connectivity index (χ3n) is 4.55. The maximum Gasteiger partial charge on any atom is 0.170 e. The summed E-state index contributed by atoms with van der Waals surface area (Å²) in [6, 6.07) is 13.8. The number of ether oxygens (including phenoxy) is 2. The Kier molecular flexibility index (Phi) is 4.30. The molecule has 0 atom stereocenters. The van der Waals surface area contributed by atoms with Crippen molar-refractivity contribution >= 4 is 44.9 Å². The van der Waals surface area contributed by atoms with Crippen molar-refractivity contribution in [3.63, 3.8) is 0 Å². The first kappa shape index (κ1) is 17.3. The highest BCUT2D eigenvalue weighted by Gasteiger charge is 2.16. The van der Waals surface area contributed by atoms with E-state index in [0.29, 0.717) is 24.1 Å². The molecule has 1 aliphatic rings. The third-order valence-corrected chi connectivity index (χ3v) is 5.74. The van der Waals surface area contributed by atoms with Crippen LogP contribution in [0.1, 0.15) is 5.56 Å². The quantitative estimate of drug-likeness (QED) is 0.461. The van der Waals surface area contributed by atoms with Gasteiger partial charge >= 0.3 is 0 Å². The van der Waals surface area contributed by atoms with Crippen molar-refractivity contribution in [2.45, 2.75) is 6.92 Å². The van der Waals surface area contributed by atoms with Crippen LogP contribution in [0.5, 0.6) is 11.5 Å². The Morgan fingerprint density at radius 1 is 1.07 bits per heavy atom. The molecule has 0 saturated carbocycles. The van der Waals surface area contributed by atoms with Gasteiger partial charge in [-0.3, -0.25) is 4.98 Å². The van der Waals surface area contributed by atoms with Gasteiger partial charge in [-0.2, -0.15) is 4.37 Å². The number of aromatic nitrogens is 2. The fraction of sp³-hybridized carbons (Fsp3) is 0.143. The third kappa shape index (κ3) is 3.04. The second kappa shape index (κ2) is 6.96. The number of hydrogen-bond donors (Lipinski definition) is 1. The molecular weight excluding hydrogens is 394 g/mol. The molecule has 5 rings (SSSR count). The lowest BCUT2D eigenvalue weighted by Crippen LogP contribution is -2.15. The highest BCUT2D eigenvalue weighted by atomic mass is 35.5. The van der Waals surface area contributed by atoms with Gasteiger partial charge in [0.1, 0.15) is 18.7 Å². The van der Waals surface area contributed by atoms with Gasteiger partial charge in [-0.05, 0) is 53.8 Å². The molecule has 5 nitrogen and oxygen atoms in total. The van der Waals surface area contributed by atoms with Crippen molar-refractivity contribution in [1.82, 2.24) is 9.36 Å². The normalized spacial score (nSPS) is 12.9. The van der Waals surface area contributed by atoms with Crippen molar-refractivity contribution in [3.05, 3.63) is 59.2 Å². The van der Waals surface area contributed by atoms with Gasteiger partial charge in [0.05, 0.1) is 15.4 Å². The molecule has 7 heteroatoms. The van der Waals surface area contributed by atoms with Gasteiger partial charge < -0.3 is 14.8 Å². The van der Waals surface area contributed by atoms with E-state index in [1.54, 1.807) is 0 Å². The molecular formula is C21H16ClN3O2S. The Bertz CT molecular complexity index is 1190. The second-order valence-corrected chi connectivity index (χ2v) is 7.72. The molecule has 0 fully saturated rings. The first-order valence-electron chi connectivity index (χ1n) is 8.86. The fourth-order valence-electron chi connectivity index (χ4n) is 3.20. The molecule has 0 bridgehead atoms. The molecule has 0 saturated heterocycles. The Morgan fingerprint density at radius 2 is 1.93 bits per heavy atom. The summed E-state index contributed by atoms with van der Waals surface area (Å²) in [6.07, 6.45) is 1.84. The van der Waals surface area contributed by atoms with Gasteiger partial charge in [-0.25, -0.2) is 0 Å². The van der Waals surface area contributed by atoms with Crippen LogP contribution in [0, 0.1) is 6.92 Å². The van der Waals surface area contributed by atoms with E-state index in [1.807, 2.05) is 49.5 Å². The number of nitrogens with one attached hydrogen (secondary N) is 1. The highest BCUT2D eigenvalue weighted by Crippen LogP contribution is 2.40. The zero-order chi connectivity index (χ0) is 19.1. The van der Waals surface area contributed by atoms with Crippen LogP contribution in [0.4, 0.5) is 11.5 Å². The second-order valence-electron chi connectivity index (χ2n) is 6.54. The Balaban J connectivity index is 1.52. The zero-order valence-corrected chi connectivity index (χ0v) is 16.6. The standard InChI is InChI=1S/C21H16ClN3O2S/c1-12-9-18-20(23-11-12)21(25-28-18)24-15-4-2-3-14(19(15)22)13-5-6-16-17(10-13)27-8-7-26-16/h2-6,9-11H,7-8H2,1H3,(H,24,25). The molecule has 0 radical (unpaired) electrons.